The van der Waals surface area contributed by atoms with E-state index in [1.54, 1.807) is 38.1 Å². The summed E-state index contributed by atoms with van der Waals surface area (Å²) in [5.74, 6) is 0.992. The maximum Gasteiger partial charge on any atom is 0.175 e. The molecule has 4 nitrogen and oxygen atoms in total. The van der Waals surface area contributed by atoms with Gasteiger partial charge in [-0.1, -0.05) is 19.9 Å². The highest BCUT2D eigenvalue weighted by atomic mass is 16.6. The predicted molar refractivity (Wildman–Crippen MR) is 70.9 cm³/mol. The number of nitrogens with zero attached hydrogens (tertiary/aromatic N) is 1. The monoisotopic (exact) mass is 257 g/mol. The minimum atomic E-state index is -0.192. The summed E-state index contributed by atoms with van der Waals surface area (Å²) in [6.45, 7) is 4.60. The van der Waals surface area contributed by atoms with E-state index < -0.39 is 0 Å². The summed E-state index contributed by atoms with van der Waals surface area (Å²) in [5, 5.41) is 9.05. The molecule has 19 heavy (non-hydrogen) atoms. The van der Waals surface area contributed by atoms with Crippen molar-refractivity contribution in [2.24, 2.45) is 5.92 Å². The van der Waals surface area contributed by atoms with Crippen LogP contribution in [0.25, 0.3) is 6.08 Å². The van der Waals surface area contributed by atoms with E-state index in [1.165, 1.54) is 0 Å². The second kappa shape index (κ2) is 5.57. The van der Waals surface area contributed by atoms with E-state index in [9.17, 15) is 4.79 Å². The molecule has 0 fully saturated rings. The van der Waals surface area contributed by atoms with Gasteiger partial charge >= 0.3 is 0 Å². The number of rotatable bonds is 3. The average molecular weight is 257 g/mol. The van der Waals surface area contributed by atoms with E-state index >= 15 is 0 Å². The van der Waals surface area contributed by atoms with Crippen LogP contribution in [0.3, 0.4) is 0 Å². The molecular formula is C15H15NO3. The molecule has 0 N–H and O–H groups in total. The standard InChI is InChI=1S/C15H15NO3/c1-10(2)15(17)12(9-16)7-11-3-4-13-14(8-11)19-6-5-18-13/h3-4,7-8,10H,5-6H2,1-2H3/b12-7+. The SMILES string of the molecule is CC(C)C(=O)/C(C#N)=C/c1ccc2c(c1)OCCO2. The molecule has 0 spiro atoms. The molecule has 0 unspecified atom stereocenters. The summed E-state index contributed by atoms with van der Waals surface area (Å²) < 4.78 is 10.9. The smallest absolute Gasteiger partial charge is 0.175 e. The summed E-state index contributed by atoms with van der Waals surface area (Å²) in [4.78, 5) is 11.8. The van der Waals surface area contributed by atoms with Gasteiger partial charge in [0.25, 0.3) is 0 Å². The molecule has 0 amide bonds. The lowest BCUT2D eigenvalue weighted by molar-refractivity contribution is -0.117. The summed E-state index contributed by atoms with van der Waals surface area (Å²) in [6.07, 6.45) is 1.58. The van der Waals surface area contributed by atoms with E-state index in [0.29, 0.717) is 24.7 Å². The molecule has 2 rings (SSSR count). The second-order valence-corrected chi connectivity index (χ2v) is 4.59. The zero-order chi connectivity index (χ0) is 13.8. The van der Waals surface area contributed by atoms with Gasteiger partial charge in [0.1, 0.15) is 19.3 Å². The van der Waals surface area contributed by atoms with Gasteiger partial charge in [-0.15, -0.1) is 0 Å². The van der Waals surface area contributed by atoms with Crippen LogP contribution >= 0.6 is 0 Å². The molecule has 1 aliphatic rings. The van der Waals surface area contributed by atoms with Gasteiger partial charge in [-0.2, -0.15) is 5.26 Å². The fourth-order valence-electron chi connectivity index (χ4n) is 1.79. The third kappa shape index (κ3) is 2.94. The van der Waals surface area contributed by atoms with Gasteiger partial charge in [0.15, 0.2) is 17.3 Å². The molecule has 0 aliphatic carbocycles. The number of hydrogen-bond acceptors (Lipinski definition) is 4. The number of fused-ring (bicyclic) bond motifs is 1. The number of allylic oxidation sites excluding steroid dienone is 1. The summed E-state index contributed by atoms with van der Waals surface area (Å²) >= 11 is 0. The normalized spacial score (nSPS) is 14.1. The quantitative estimate of drug-likeness (QED) is 0.617. The number of Topliss-reactive ketones (excluding diaryl/α,β-unsaturated/α-hetero) is 1. The van der Waals surface area contributed by atoms with Gasteiger partial charge in [-0.25, -0.2) is 0 Å². The van der Waals surface area contributed by atoms with Crippen LogP contribution in [-0.2, 0) is 4.79 Å². The highest BCUT2D eigenvalue weighted by Gasteiger charge is 2.15. The molecule has 0 saturated heterocycles. The molecular weight excluding hydrogens is 242 g/mol. The van der Waals surface area contributed by atoms with Crippen LogP contribution in [0.1, 0.15) is 19.4 Å². The van der Waals surface area contributed by atoms with Gasteiger partial charge in [0, 0.05) is 5.92 Å². The molecule has 0 saturated carbocycles. The Morgan fingerprint density at radius 2 is 2.00 bits per heavy atom. The van der Waals surface area contributed by atoms with Crippen LogP contribution in [0.5, 0.6) is 11.5 Å². The molecule has 1 aromatic carbocycles. The van der Waals surface area contributed by atoms with E-state index in [-0.39, 0.29) is 17.3 Å². The van der Waals surface area contributed by atoms with E-state index in [0.717, 1.165) is 5.56 Å². The van der Waals surface area contributed by atoms with Crippen molar-refractivity contribution in [3.63, 3.8) is 0 Å². The van der Waals surface area contributed by atoms with Crippen molar-refractivity contribution in [2.45, 2.75) is 13.8 Å². The maximum atomic E-state index is 11.8. The Labute approximate surface area is 112 Å². The van der Waals surface area contributed by atoms with Crippen molar-refractivity contribution in [1.29, 1.82) is 5.26 Å². The maximum absolute atomic E-state index is 11.8. The van der Waals surface area contributed by atoms with Gasteiger partial charge < -0.3 is 9.47 Å². The Morgan fingerprint density at radius 1 is 1.32 bits per heavy atom. The molecule has 98 valence electrons. The number of carbonyl (C=O) groups excluding carboxylic acids is 1. The summed E-state index contributed by atoms with van der Waals surface area (Å²) in [7, 11) is 0. The highest BCUT2D eigenvalue weighted by Crippen LogP contribution is 2.31. The number of ether oxygens (including phenoxy) is 2. The molecule has 1 aliphatic heterocycles. The third-order valence-corrected chi connectivity index (χ3v) is 2.79. The lowest BCUT2D eigenvalue weighted by Gasteiger charge is -2.18. The van der Waals surface area contributed by atoms with Crippen molar-refractivity contribution in [3.8, 4) is 17.6 Å². The first-order valence-electron chi connectivity index (χ1n) is 6.17. The van der Waals surface area contributed by atoms with E-state index in [2.05, 4.69) is 0 Å². The number of hydrogen-bond donors (Lipinski definition) is 0. The van der Waals surface area contributed by atoms with Crippen molar-refractivity contribution < 1.29 is 14.3 Å². The molecule has 0 atom stereocenters. The molecule has 1 heterocycles. The third-order valence-electron chi connectivity index (χ3n) is 2.79. The summed E-state index contributed by atoms with van der Waals surface area (Å²) in [5.41, 5.74) is 0.918. The largest absolute Gasteiger partial charge is 0.486 e. The van der Waals surface area contributed by atoms with Crippen LogP contribution < -0.4 is 9.47 Å². The first-order valence-corrected chi connectivity index (χ1v) is 6.17. The van der Waals surface area contributed by atoms with Crippen LogP contribution in [0, 0.1) is 17.2 Å². The first-order chi connectivity index (χ1) is 9.11. The van der Waals surface area contributed by atoms with Crippen molar-refractivity contribution in [2.75, 3.05) is 13.2 Å². The molecule has 0 bridgehead atoms. The average Bonchev–Trinajstić information content (AvgIpc) is 2.43. The molecule has 0 aromatic heterocycles. The fourth-order valence-corrected chi connectivity index (χ4v) is 1.79. The van der Waals surface area contributed by atoms with Gasteiger partial charge in [0.05, 0.1) is 5.57 Å². The Kier molecular flexibility index (Phi) is 3.86. The van der Waals surface area contributed by atoms with Crippen LogP contribution in [0.4, 0.5) is 0 Å². The van der Waals surface area contributed by atoms with Gasteiger partial charge in [-0.05, 0) is 23.8 Å². The Bertz CT molecular complexity index is 567. The first kappa shape index (κ1) is 13.2. The highest BCUT2D eigenvalue weighted by molar-refractivity contribution is 6.04. The second-order valence-electron chi connectivity index (χ2n) is 4.59. The Hall–Kier alpha value is -2.28. The Balaban J connectivity index is 2.32. The number of ketones is 1. The van der Waals surface area contributed by atoms with Crippen LogP contribution in [-0.4, -0.2) is 19.0 Å². The Morgan fingerprint density at radius 3 is 2.63 bits per heavy atom. The number of benzene rings is 1. The van der Waals surface area contributed by atoms with E-state index in [4.69, 9.17) is 14.7 Å². The number of carbonyl (C=O) groups is 1. The zero-order valence-corrected chi connectivity index (χ0v) is 11.0. The van der Waals surface area contributed by atoms with Gasteiger partial charge in [0.2, 0.25) is 0 Å². The lowest BCUT2D eigenvalue weighted by Crippen LogP contribution is -2.15. The topological polar surface area (TPSA) is 59.3 Å². The molecule has 0 radical (unpaired) electrons. The van der Waals surface area contributed by atoms with Crippen LogP contribution in [0.2, 0.25) is 0 Å². The fraction of sp³-hybridized carbons (Fsp3) is 0.333. The van der Waals surface area contributed by atoms with Crippen molar-refractivity contribution in [3.05, 3.63) is 29.3 Å². The number of nitriles is 1. The predicted octanol–water partition coefficient (Wildman–Crippen LogP) is 2.59. The van der Waals surface area contributed by atoms with Crippen molar-refractivity contribution >= 4 is 11.9 Å². The van der Waals surface area contributed by atoms with Crippen molar-refractivity contribution in [1.82, 2.24) is 0 Å². The molecule has 1 aromatic rings. The van der Waals surface area contributed by atoms with Crippen LogP contribution in [0.15, 0.2) is 23.8 Å². The molecule has 4 heteroatoms. The van der Waals surface area contributed by atoms with E-state index in [1.807, 2.05) is 6.07 Å². The zero-order valence-electron chi connectivity index (χ0n) is 11.0. The summed E-state index contributed by atoms with van der Waals surface area (Å²) in [6, 6.07) is 7.32. The lowest BCUT2D eigenvalue weighted by atomic mass is 10.00. The minimum Gasteiger partial charge on any atom is -0.486 e. The van der Waals surface area contributed by atoms with Gasteiger partial charge in [-0.3, -0.25) is 4.79 Å². The minimum absolute atomic E-state index is 0.155.